The molecule has 1 N–H and O–H groups in total. The van der Waals surface area contributed by atoms with Crippen LogP contribution in [0.25, 0.3) is 0 Å². The number of carbonyl (C=O) groups is 1. The Labute approximate surface area is 132 Å². The third kappa shape index (κ3) is 4.49. The Morgan fingerprint density at radius 3 is 2.86 bits per heavy atom. The molecule has 1 aromatic heterocycles. The van der Waals surface area contributed by atoms with Gasteiger partial charge in [0.15, 0.2) is 6.61 Å². The zero-order valence-corrected chi connectivity index (χ0v) is 13.5. The summed E-state index contributed by atoms with van der Waals surface area (Å²) in [5.41, 5.74) is 2.23. The molecule has 1 heterocycles. The molecule has 0 amide bonds. The van der Waals surface area contributed by atoms with Crippen LogP contribution < -0.4 is 4.74 Å². The number of hydrogen-bond acceptors (Lipinski definition) is 6. The summed E-state index contributed by atoms with van der Waals surface area (Å²) in [6, 6.07) is 6.08. The maximum atomic E-state index is 10.5. The van der Waals surface area contributed by atoms with Gasteiger partial charge in [-0.1, -0.05) is 37.7 Å². The highest BCUT2D eigenvalue weighted by Crippen LogP contribution is 2.28. The summed E-state index contributed by atoms with van der Waals surface area (Å²) in [5, 5.41) is 16.5. The van der Waals surface area contributed by atoms with Crippen LogP contribution in [0.1, 0.15) is 36.8 Å². The molecule has 0 radical (unpaired) electrons. The Morgan fingerprint density at radius 2 is 2.18 bits per heavy atom. The van der Waals surface area contributed by atoms with Crippen molar-refractivity contribution in [2.75, 3.05) is 5.75 Å². The van der Waals surface area contributed by atoms with Crippen LogP contribution in [-0.4, -0.2) is 27.0 Å². The molecule has 0 unspecified atom stereocenters. The molecule has 0 fully saturated rings. The number of hydrogen-bond donors (Lipinski definition) is 1. The van der Waals surface area contributed by atoms with Gasteiger partial charge in [0.1, 0.15) is 11.5 Å². The van der Waals surface area contributed by atoms with Crippen molar-refractivity contribution in [3.05, 3.63) is 35.2 Å². The predicted molar refractivity (Wildman–Crippen MR) is 82.3 cm³/mol. The molecular weight excluding hydrogens is 304 g/mol. The molecule has 2 rings (SSSR count). The van der Waals surface area contributed by atoms with Crippen molar-refractivity contribution in [2.45, 2.75) is 38.5 Å². The zero-order chi connectivity index (χ0) is 16.1. The minimum atomic E-state index is -0.928. The fraction of sp³-hybridized carbons (Fsp3) is 0.400. The molecule has 0 spiro atoms. The Morgan fingerprint density at radius 1 is 1.41 bits per heavy atom. The first-order valence-electron chi connectivity index (χ1n) is 6.86. The van der Waals surface area contributed by atoms with E-state index in [-0.39, 0.29) is 17.6 Å². The van der Waals surface area contributed by atoms with Gasteiger partial charge in [0, 0.05) is 0 Å². The van der Waals surface area contributed by atoms with Crippen molar-refractivity contribution in [3.63, 3.8) is 0 Å². The van der Waals surface area contributed by atoms with Crippen LogP contribution in [0.15, 0.2) is 27.8 Å². The Kier molecular flexibility index (Phi) is 5.43. The number of aromatic nitrogens is 2. The standard InChI is InChI=1S/C15H18N2O4S/c1-9(2)11-5-4-10(3)6-12(11)20-7-13-16-17-15(21-13)22-8-14(18)19/h4-6,9H,7-8H2,1-3H3,(H,18,19). The lowest BCUT2D eigenvalue weighted by Gasteiger charge is -2.13. The normalized spacial score (nSPS) is 10.9. The largest absolute Gasteiger partial charge is 0.484 e. The fourth-order valence-electron chi connectivity index (χ4n) is 1.86. The lowest BCUT2D eigenvalue weighted by atomic mass is 10.0. The third-order valence-corrected chi connectivity index (χ3v) is 3.71. The molecule has 7 heteroatoms. The maximum absolute atomic E-state index is 10.5. The van der Waals surface area contributed by atoms with Gasteiger partial charge in [-0.05, 0) is 30.0 Å². The molecule has 0 saturated heterocycles. The lowest BCUT2D eigenvalue weighted by Crippen LogP contribution is -2.00. The van der Waals surface area contributed by atoms with Crippen LogP contribution in [0.5, 0.6) is 5.75 Å². The van der Waals surface area contributed by atoms with E-state index in [0.29, 0.717) is 11.8 Å². The Balaban J connectivity index is 2.01. The number of carboxylic acids is 1. The molecule has 0 aliphatic carbocycles. The quantitative estimate of drug-likeness (QED) is 0.783. The van der Waals surface area contributed by atoms with Crippen molar-refractivity contribution in [3.8, 4) is 5.75 Å². The number of aliphatic carboxylic acids is 1. The second-order valence-corrected chi connectivity index (χ2v) is 6.06. The highest BCUT2D eigenvalue weighted by Gasteiger charge is 2.12. The summed E-state index contributed by atoms with van der Waals surface area (Å²) in [4.78, 5) is 10.5. The number of benzene rings is 1. The second-order valence-electron chi connectivity index (χ2n) is 5.13. The van der Waals surface area contributed by atoms with E-state index in [1.807, 2.05) is 13.0 Å². The fourth-order valence-corrected chi connectivity index (χ4v) is 2.36. The summed E-state index contributed by atoms with van der Waals surface area (Å²) in [6.07, 6.45) is 0. The number of aryl methyl sites for hydroxylation is 1. The molecule has 0 aliphatic heterocycles. The van der Waals surface area contributed by atoms with Crippen LogP contribution in [0.2, 0.25) is 0 Å². The molecule has 2 aromatic rings. The lowest BCUT2D eigenvalue weighted by molar-refractivity contribution is -0.133. The number of ether oxygens (including phenoxy) is 1. The van der Waals surface area contributed by atoms with E-state index < -0.39 is 5.97 Å². The van der Waals surface area contributed by atoms with Crippen molar-refractivity contribution in [1.82, 2.24) is 10.2 Å². The topological polar surface area (TPSA) is 85.5 Å². The van der Waals surface area contributed by atoms with Crippen LogP contribution in [0.4, 0.5) is 0 Å². The van der Waals surface area contributed by atoms with Crippen molar-refractivity contribution < 1.29 is 19.1 Å². The molecule has 118 valence electrons. The Bertz CT molecular complexity index is 655. The highest BCUT2D eigenvalue weighted by molar-refractivity contribution is 7.99. The SMILES string of the molecule is Cc1ccc(C(C)C)c(OCc2nnc(SCC(=O)O)o2)c1. The first-order chi connectivity index (χ1) is 10.5. The summed E-state index contributed by atoms with van der Waals surface area (Å²) in [6.45, 7) is 6.36. The van der Waals surface area contributed by atoms with Crippen molar-refractivity contribution in [2.24, 2.45) is 0 Å². The van der Waals surface area contributed by atoms with Gasteiger partial charge in [0.25, 0.3) is 11.1 Å². The van der Waals surface area contributed by atoms with Crippen molar-refractivity contribution >= 4 is 17.7 Å². The van der Waals surface area contributed by atoms with Gasteiger partial charge in [-0.15, -0.1) is 10.2 Å². The molecule has 6 nitrogen and oxygen atoms in total. The summed E-state index contributed by atoms with van der Waals surface area (Å²) in [5.74, 6) is 0.428. The average molecular weight is 322 g/mol. The molecule has 0 aliphatic rings. The van der Waals surface area contributed by atoms with E-state index in [4.69, 9.17) is 14.3 Å². The van der Waals surface area contributed by atoms with E-state index in [9.17, 15) is 4.79 Å². The number of nitrogens with zero attached hydrogens (tertiary/aromatic N) is 2. The van der Waals surface area contributed by atoms with Gasteiger partial charge in [0.2, 0.25) is 0 Å². The molecule has 0 atom stereocenters. The zero-order valence-electron chi connectivity index (χ0n) is 12.7. The van der Waals surface area contributed by atoms with Crippen LogP contribution in [-0.2, 0) is 11.4 Å². The minimum absolute atomic E-state index is 0.113. The summed E-state index contributed by atoms with van der Waals surface area (Å²) >= 11 is 0.986. The van der Waals surface area contributed by atoms with Gasteiger partial charge >= 0.3 is 5.97 Å². The summed E-state index contributed by atoms with van der Waals surface area (Å²) < 4.78 is 11.1. The second kappa shape index (κ2) is 7.31. The van der Waals surface area contributed by atoms with E-state index in [2.05, 4.69) is 36.2 Å². The molecule has 1 aromatic carbocycles. The molecule has 0 bridgehead atoms. The van der Waals surface area contributed by atoms with E-state index in [0.717, 1.165) is 28.6 Å². The number of carboxylic acid groups (broad SMARTS) is 1. The van der Waals surface area contributed by atoms with E-state index in [1.165, 1.54) is 0 Å². The smallest absolute Gasteiger partial charge is 0.314 e. The average Bonchev–Trinajstić information content (AvgIpc) is 2.90. The molecular formula is C15H18N2O4S. The molecule has 0 saturated carbocycles. The Hall–Kier alpha value is -2.02. The van der Waals surface area contributed by atoms with Crippen molar-refractivity contribution in [1.29, 1.82) is 0 Å². The van der Waals surface area contributed by atoms with Gasteiger partial charge in [-0.2, -0.15) is 0 Å². The number of rotatable bonds is 7. The first kappa shape index (κ1) is 16.4. The maximum Gasteiger partial charge on any atom is 0.314 e. The minimum Gasteiger partial charge on any atom is -0.484 e. The number of thioether (sulfide) groups is 1. The summed E-state index contributed by atoms with van der Waals surface area (Å²) in [7, 11) is 0. The highest BCUT2D eigenvalue weighted by atomic mass is 32.2. The van der Waals surface area contributed by atoms with Crippen LogP contribution >= 0.6 is 11.8 Å². The van der Waals surface area contributed by atoms with Crippen LogP contribution in [0.3, 0.4) is 0 Å². The van der Waals surface area contributed by atoms with Crippen LogP contribution in [0, 0.1) is 6.92 Å². The monoisotopic (exact) mass is 322 g/mol. The van der Waals surface area contributed by atoms with Gasteiger partial charge in [-0.25, -0.2) is 0 Å². The third-order valence-electron chi connectivity index (χ3n) is 2.91. The van der Waals surface area contributed by atoms with Gasteiger partial charge in [-0.3, -0.25) is 4.79 Å². The van der Waals surface area contributed by atoms with E-state index >= 15 is 0 Å². The van der Waals surface area contributed by atoms with Gasteiger partial charge in [0.05, 0.1) is 0 Å². The molecule has 22 heavy (non-hydrogen) atoms. The first-order valence-corrected chi connectivity index (χ1v) is 7.84. The van der Waals surface area contributed by atoms with E-state index in [1.54, 1.807) is 0 Å². The van der Waals surface area contributed by atoms with Gasteiger partial charge < -0.3 is 14.3 Å². The predicted octanol–water partition coefficient (Wildman–Crippen LogP) is 3.26.